The van der Waals surface area contributed by atoms with E-state index in [1.54, 1.807) is 0 Å². The monoisotopic (exact) mass is 467 g/mol. The van der Waals surface area contributed by atoms with Crippen LogP contribution < -0.4 is 5.32 Å². The van der Waals surface area contributed by atoms with Gasteiger partial charge in [0, 0.05) is 51.0 Å². The number of ether oxygens (including phenoxy) is 1. The summed E-state index contributed by atoms with van der Waals surface area (Å²) in [7, 11) is 1.85. The van der Waals surface area contributed by atoms with E-state index in [1.807, 2.05) is 48.5 Å². The number of benzene rings is 1. The van der Waals surface area contributed by atoms with Crippen LogP contribution in [-0.4, -0.2) is 74.3 Å². The highest BCUT2D eigenvalue weighted by molar-refractivity contribution is 5.95. The number of nitrogens with one attached hydrogen (secondary N) is 1. The lowest BCUT2D eigenvalue weighted by Gasteiger charge is -2.38. The fraction of sp³-hybridized carbons (Fsp3) is 0.577. The second-order valence-electron chi connectivity index (χ2n) is 9.82. The highest BCUT2D eigenvalue weighted by atomic mass is 16.5. The molecular weight excluding hydrogens is 428 g/mol. The van der Waals surface area contributed by atoms with Crippen LogP contribution in [0.3, 0.4) is 0 Å². The lowest BCUT2D eigenvalue weighted by Crippen LogP contribution is -2.53. The van der Waals surface area contributed by atoms with Gasteiger partial charge in [-0.05, 0) is 49.4 Å². The van der Waals surface area contributed by atoms with E-state index in [-0.39, 0.29) is 11.9 Å². The van der Waals surface area contributed by atoms with Crippen LogP contribution in [0.25, 0.3) is 11.0 Å². The van der Waals surface area contributed by atoms with Crippen molar-refractivity contribution < 1.29 is 9.53 Å². The maximum absolute atomic E-state index is 14.1. The Bertz CT molecular complexity index is 1040. The van der Waals surface area contributed by atoms with Crippen molar-refractivity contribution in [1.29, 1.82) is 0 Å². The Kier molecular flexibility index (Phi) is 8.34. The number of hydrogen-bond acceptors (Lipinski definition) is 4. The van der Waals surface area contributed by atoms with E-state index < -0.39 is 0 Å². The summed E-state index contributed by atoms with van der Waals surface area (Å²) >= 11 is 0. The van der Waals surface area contributed by atoms with Crippen LogP contribution >= 0.6 is 0 Å². The zero-order valence-electron chi connectivity index (χ0n) is 20.7. The third kappa shape index (κ3) is 5.85. The average Bonchev–Trinajstić information content (AvgIpc) is 3.48. The normalized spacial score (nSPS) is 18.6. The Morgan fingerprint density at radius 2 is 2.09 bits per heavy atom. The summed E-state index contributed by atoms with van der Waals surface area (Å²) in [5, 5.41) is 7.95. The van der Waals surface area contributed by atoms with Crippen molar-refractivity contribution in [3.8, 4) is 0 Å². The molecule has 2 N–H and O–H groups in total. The van der Waals surface area contributed by atoms with Crippen molar-refractivity contribution >= 4 is 16.9 Å². The zero-order valence-corrected chi connectivity index (χ0v) is 20.7. The minimum Gasteiger partial charge on any atom is -0.436 e. The summed E-state index contributed by atoms with van der Waals surface area (Å²) < 4.78 is 8.33. The van der Waals surface area contributed by atoms with Crippen LogP contribution in [0.4, 0.5) is 0 Å². The van der Waals surface area contributed by atoms with Gasteiger partial charge in [0.15, 0.2) is 5.82 Å². The van der Waals surface area contributed by atoms with Crippen molar-refractivity contribution in [2.24, 2.45) is 11.8 Å². The number of amides is 1. The number of nitrogens with zero attached hydrogens (tertiary/aromatic N) is 5. The van der Waals surface area contributed by atoms with E-state index in [0.29, 0.717) is 17.7 Å². The molecule has 0 spiro atoms. The number of aromatic nitrogens is 4. The SMILES string of the molecule is C[OH+]CCCCn1c(C(=O)N(CC(C)C)[C@@H]2CNC[C@H](Cn3cccn3)C2)nc2ccccc21. The van der Waals surface area contributed by atoms with Crippen molar-refractivity contribution in [2.45, 2.75) is 52.2 Å². The van der Waals surface area contributed by atoms with Gasteiger partial charge in [-0.1, -0.05) is 26.0 Å². The van der Waals surface area contributed by atoms with Gasteiger partial charge in [-0.3, -0.25) is 9.48 Å². The molecule has 4 rings (SSSR count). The van der Waals surface area contributed by atoms with Crippen LogP contribution in [0.5, 0.6) is 0 Å². The summed E-state index contributed by atoms with van der Waals surface area (Å²) in [6, 6.07) is 10.2. The molecule has 0 saturated carbocycles. The molecule has 8 nitrogen and oxygen atoms in total. The van der Waals surface area contributed by atoms with Crippen LogP contribution in [-0.2, 0) is 13.1 Å². The minimum absolute atomic E-state index is 0.0385. The smallest absolute Gasteiger partial charge is 0.290 e. The molecule has 0 aliphatic carbocycles. The first kappa shape index (κ1) is 24.4. The van der Waals surface area contributed by atoms with Gasteiger partial charge in [-0.15, -0.1) is 0 Å². The van der Waals surface area contributed by atoms with E-state index in [4.69, 9.17) is 4.98 Å². The molecule has 2 atom stereocenters. The molecular formula is C26H39N6O2+. The number of rotatable bonds is 11. The number of hydrogen-bond donors (Lipinski definition) is 1. The fourth-order valence-corrected chi connectivity index (χ4v) is 4.98. The number of piperidine rings is 1. The standard InChI is InChI=1S/C26H38N6O2/c1-20(2)18-32(22-15-21(16-27-17-22)19-30-12-8-11-28-30)26(33)25-29-23-9-4-5-10-24(23)31(25)13-6-7-14-34-3/h4-5,8-12,20-22,27H,6-7,13-19H2,1-3H3/p+1/t21-,22+/m1/s1. The molecule has 0 radical (unpaired) electrons. The highest BCUT2D eigenvalue weighted by Crippen LogP contribution is 2.23. The molecule has 1 fully saturated rings. The first-order valence-corrected chi connectivity index (χ1v) is 12.6. The number of aliphatic hydroxyl groups is 2. The van der Waals surface area contributed by atoms with E-state index in [2.05, 4.69) is 44.5 Å². The van der Waals surface area contributed by atoms with Gasteiger partial charge in [-0.25, -0.2) is 4.98 Å². The summed E-state index contributed by atoms with van der Waals surface area (Å²) in [5.74, 6) is 1.40. The molecule has 3 aromatic rings. The van der Waals surface area contributed by atoms with Crippen LogP contribution in [0.15, 0.2) is 42.7 Å². The predicted octanol–water partition coefficient (Wildman–Crippen LogP) is 2.95. The molecule has 34 heavy (non-hydrogen) atoms. The second kappa shape index (κ2) is 11.6. The zero-order chi connectivity index (χ0) is 23.9. The first-order valence-electron chi connectivity index (χ1n) is 12.6. The van der Waals surface area contributed by atoms with E-state index in [9.17, 15) is 4.79 Å². The molecule has 0 unspecified atom stereocenters. The number of para-hydroxylation sites is 2. The maximum Gasteiger partial charge on any atom is 0.290 e. The molecule has 0 bridgehead atoms. The molecule has 3 heterocycles. The van der Waals surface area contributed by atoms with E-state index in [1.165, 1.54) is 0 Å². The van der Waals surface area contributed by atoms with Gasteiger partial charge in [0.25, 0.3) is 5.91 Å². The molecule has 1 aliphatic heterocycles. The number of carbonyl (C=O) groups excluding carboxylic acids is 1. The van der Waals surface area contributed by atoms with Gasteiger partial charge in [0.05, 0.1) is 11.0 Å². The third-order valence-corrected chi connectivity index (χ3v) is 6.55. The lowest BCUT2D eigenvalue weighted by molar-refractivity contribution is 0.0123. The number of carbonyl (C=O) groups is 1. The average molecular weight is 468 g/mol. The predicted molar refractivity (Wildman–Crippen MR) is 135 cm³/mol. The Morgan fingerprint density at radius 3 is 2.85 bits per heavy atom. The minimum atomic E-state index is 0.0385. The van der Waals surface area contributed by atoms with Crippen LogP contribution in [0, 0.1) is 11.8 Å². The maximum atomic E-state index is 14.1. The van der Waals surface area contributed by atoms with Crippen molar-refractivity contribution in [2.75, 3.05) is 33.4 Å². The van der Waals surface area contributed by atoms with Crippen LogP contribution in [0.1, 0.15) is 43.7 Å². The number of imidazole rings is 1. The molecule has 1 aliphatic rings. The Labute approximate surface area is 202 Å². The molecule has 1 aromatic carbocycles. The molecule has 184 valence electrons. The van der Waals surface area contributed by atoms with Crippen molar-refractivity contribution in [1.82, 2.24) is 29.5 Å². The largest absolute Gasteiger partial charge is 0.436 e. The van der Waals surface area contributed by atoms with Crippen molar-refractivity contribution in [3.63, 3.8) is 0 Å². The van der Waals surface area contributed by atoms with Gasteiger partial charge in [-0.2, -0.15) is 5.10 Å². The summed E-state index contributed by atoms with van der Waals surface area (Å²) in [6.07, 6.45) is 6.77. The molecule has 8 heteroatoms. The number of fused-ring (bicyclic) bond motifs is 1. The topological polar surface area (TPSA) is 80.8 Å². The van der Waals surface area contributed by atoms with Gasteiger partial charge < -0.3 is 19.5 Å². The van der Waals surface area contributed by atoms with Gasteiger partial charge in [0.1, 0.15) is 13.7 Å². The summed E-state index contributed by atoms with van der Waals surface area (Å²) in [4.78, 5) is 21.0. The first-order chi connectivity index (χ1) is 16.6. The van der Waals surface area contributed by atoms with E-state index >= 15 is 0 Å². The third-order valence-electron chi connectivity index (χ3n) is 6.55. The second-order valence-corrected chi connectivity index (χ2v) is 9.82. The van der Waals surface area contributed by atoms with Crippen molar-refractivity contribution in [3.05, 3.63) is 48.5 Å². The van der Waals surface area contributed by atoms with E-state index in [0.717, 1.165) is 69.6 Å². The summed E-state index contributed by atoms with van der Waals surface area (Å²) in [5.41, 5.74) is 1.91. The number of aryl methyl sites for hydroxylation is 1. The van der Waals surface area contributed by atoms with Crippen LogP contribution in [0.2, 0.25) is 0 Å². The fourth-order valence-electron chi connectivity index (χ4n) is 4.98. The Hall–Kier alpha value is -2.71. The molecule has 1 amide bonds. The van der Waals surface area contributed by atoms with Gasteiger partial charge in [0.2, 0.25) is 0 Å². The number of unbranched alkanes of at least 4 members (excludes halogenated alkanes) is 1. The molecule has 2 aromatic heterocycles. The lowest BCUT2D eigenvalue weighted by atomic mass is 9.94. The quantitative estimate of drug-likeness (QED) is 0.347. The molecule has 1 saturated heterocycles. The Morgan fingerprint density at radius 1 is 1.24 bits per heavy atom. The van der Waals surface area contributed by atoms with Gasteiger partial charge >= 0.3 is 0 Å². The Balaban J connectivity index is 1.58. The highest BCUT2D eigenvalue weighted by Gasteiger charge is 2.33. The summed E-state index contributed by atoms with van der Waals surface area (Å²) in [6.45, 7) is 9.31.